The van der Waals surface area contributed by atoms with Crippen molar-refractivity contribution in [3.63, 3.8) is 0 Å². The van der Waals surface area contributed by atoms with E-state index in [-0.39, 0.29) is 0 Å². The van der Waals surface area contributed by atoms with Gasteiger partial charge >= 0.3 is 8.80 Å². The highest BCUT2D eigenvalue weighted by molar-refractivity contribution is 7.10. The maximum Gasteiger partial charge on any atom is 0.505 e. The van der Waals surface area contributed by atoms with Gasteiger partial charge in [-0.3, -0.25) is 0 Å². The quantitative estimate of drug-likeness (QED) is 0.383. The Hall–Kier alpha value is -0.203. The van der Waals surface area contributed by atoms with Gasteiger partial charge in [-0.15, -0.1) is 11.3 Å². The van der Waals surface area contributed by atoms with Crippen LogP contribution >= 0.6 is 11.3 Å². The average Bonchev–Trinajstić information content (AvgIpc) is 3.01. The lowest BCUT2D eigenvalue weighted by Crippen LogP contribution is -2.46. The molecule has 122 valence electrons. The molecule has 5 heteroatoms. The fraction of sp³-hybridized carbons (Fsp3) is 0.750. The fourth-order valence-corrected chi connectivity index (χ4v) is 5.46. The van der Waals surface area contributed by atoms with E-state index < -0.39 is 8.80 Å². The van der Waals surface area contributed by atoms with E-state index >= 15 is 0 Å². The molecule has 0 atom stereocenters. The molecule has 0 unspecified atom stereocenters. The SMILES string of the molecule is CCCCCCCCCO[Si](Cc1cccs1)(OC)OC. The summed E-state index contributed by atoms with van der Waals surface area (Å²) in [6, 6.07) is 4.94. The minimum absolute atomic E-state index is 0.743. The van der Waals surface area contributed by atoms with Crippen LogP contribution in [0.4, 0.5) is 0 Å². The smallest absolute Gasteiger partial charge is 0.377 e. The summed E-state index contributed by atoms with van der Waals surface area (Å²) >= 11 is 1.73. The summed E-state index contributed by atoms with van der Waals surface area (Å²) in [5, 5.41) is 2.08. The molecule has 0 aliphatic heterocycles. The van der Waals surface area contributed by atoms with Crippen molar-refractivity contribution in [2.45, 2.75) is 57.9 Å². The Labute approximate surface area is 135 Å². The van der Waals surface area contributed by atoms with Crippen LogP contribution in [0.15, 0.2) is 17.5 Å². The van der Waals surface area contributed by atoms with E-state index in [1.165, 1.54) is 43.4 Å². The van der Waals surface area contributed by atoms with Gasteiger partial charge in [0.15, 0.2) is 0 Å². The zero-order valence-corrected chi connectivity index (χ0v) is 15.5. The zero-order valence-electron chi connectivity index (χ0n) is 13.7. The standard InChI is InChI=1S/C16H30O3SSi/c1-4-5-6-7-8-9-10-13-19-21(17-2,18-3)15-16-12-11-14-20-16/h11-12,14H,4-10,13,15H2,1-3H3. The van der Waals surface area contributed by atoms with Crippen LogP contribution in [0.1, 0.15) is 56.7 Å². The van der Waals surface area contributed by atoms with Crippen LogP contribution in [0.25, 0.3) is 0 Å². The van der Waals surface area contributed by atoms with E-state index in [0.717, 1.165) is 19.1 Å². The lowest BCUT2D eigenvalue weighted by molar-refractivity contribution is 0.0956. The van der Waals surface area contributed by atoms with Crippen molar-refractivity contribution < 1.29 is 13.3 Å². The molecule has 0 amide bonds. The third-order valence-electron chi connectivity index (χ3n) is 3.66. The first-order chi connectivity index (χ1) is 10.3. The van der Waals surface area contributed by atoms with Crippen LogP contribution in [-0.4, -0.2) is 29.6 Å². The Balaban J connectivity index is 2.21. The Morgan fingerprint density at radius 3 is 2.24 bits per heavy atom. The highest BCUT2D eigenvalue weighted by atomic mass is 32.1. The van der Waals surface area contributed by atoms with Crippen molar-refractivity contribution in [3.8, 4) is 0 Å². The molecule has 0 radical (unpaired) electrons. The minimum Gasteiger partial charge on any atom is -0.377 e. The van der Waals surface area contributed by atoms with Gasteiger partial charge in [-0.2, -0.15) is 0 Å². The van der Waals surface area contributed by atoms with Gasteiger partial charge in [0, 0.05) is 25.7 Å². The summed E-state index contributed by atoms with van der Waals surface area (Å²) in [5.41, 5.74) is 0. The fourth-order valence-electron chi connectivity index (χ4n) is 2.31. The van der Waals surface area contributed by atoms with Crippen LogP contribution < -0.4 is 0 Å². The molecule has 1 aromatic rings. The molecule has 0 aromatic carbocycles. The summed E-state index contributed by atoms with van der Waals surface area (Å²) in [5.74, 6) is 0. The average molecular weight is 331 g/mol. The molecule has 0 aliphatic carbocycles. The zero-order chi connectivity index (χ0) is 15.4. The topological polar surface area (TPSA) is 27.7 Å². The van der Waals surface area contributed by atoms with Gasteiger partial charge in [-0.05, 0) is 17.9 Å². The second-order valence-corrected chi connectivity index (χ2v) is 9.17. The van der Waals surface area contributed by atoms with Gasteiger partial charge in [0.2, 0.25) is 0 Å². The van der Waals surface area contributed by atoms with Gasteiger partial charge in [0.1, 0.15) is 0 Å². The minimum atomic E-state index is -2.52. The van der Waals surface area contributed by atoms with Crippen LogP contribution in [0.3, 0.4) is 0 Å². The molecule has 0 fully saturated rings. The molecule has 1 heterocycles. The number of thiophene rings is 1. The molecular weight excluding hydrogens is 300 g/mol. The van der Waals surface area contributed by atoms with Crippen molar-refractivity contribution in [3.05, 3.63) is 22.4 Å². The van der Waals surface area contributed by atoms with Crippen molar-refractivity contribution in [1.29, 1.82) is 0 Å². The number of unbranched alkanes of at least 4 members (excludes halogenated alkanes) is 6. The molecule has 1 rings (SSSR count). The van der Waals surface area contributed by atoms with Gasteiger partial charge in [0.25, 0.3) is 0 Å². The summed E-state index contributed by atoms with van der Waals surface area (Å²) in [6.07, 6.45) is 9.02. The predicted molar refractivity (Wildman–Crippen MR) is 91.7 cm³/mol. The summed E-state index contributed by atoms with van der Waals surface area (Å²) in [4.78, 5) is 1.27. The van der Waals surface area contributed by atoms with Gasteiger partial charge in [-0.1, -0.05) is 51.5 Å². The first kappa shape index (κ1) is 18.8. The first-order valence-electron chi connectivity index (χ1n) is 8.03. The highest BCUT2D eigenvalue weighted by Gasteiger charge is 2.39. The van der Waals surface area contributed by atoms with Crippen LogP contribution in [-0.2, 0) is 19.3 Å². The van der Waals surface area contributed by atoms with Crippen molar-refractivity contribution in [1.82, 2.24) is 0 Å². The van der Waals surface area contributed by atoms with Gasteiger partial charge in [-0.25, -0.2) is 0 Å². The lowest BCUT2D eigenvalue weighted by atomic mass is 10.1. The van der Waals surface area contributed by atoms with Gasteiger partial charge < -0.3 is 13.3 Å². The molecule has 0 saturated heterocycles. The summed E-state index contributed by atoms with van der Waals surface area (Å²) in [6.45, 7) is 2.99. The van der Waals surface area contributed by atoms with Crippen molar-refractivity contribution >= 4 is 20.1 Å². The Morgan fingerprint density at radius 2 is 1.67 bits per heavy atom. The maximum atomic E-state index is 6.03. The number of hydrogen-bond acceptors (Lipinski definition) is 4. The van der Waals surface area contributed by atoms with Crippen LogP contribution in [0.2, 0.25) is 0 Å². The predicted octanol–water partition coefficient (Wildman–Crippen LogP) is 4.83. The molecule has 1 aromatic heterocycles. The van der Waals surface area contributed by atoms with E-state index in [9.17, 15) is 0 Å². The molecular formula is C16H30O3SSi. The van der Waals surface area contributed by atoms with Crippen molar-refractivity contribution in [2.24, 2.45) is 0 Å². The summed E-state index contributed by atoms with van der Waals surface area (Å²) < 4.78 is 17.3. The molecule has 21 heavy (non-hydrogen) atoms. The molecule has 0 spiro atoms. The van der Waals surface area contributed by atoms with E-state index in [0.29, 0.717) is 0 Å². The highest BCUT2D eigenvalue weighted by Crippen LogP contribution is 2.19. The van der Waals surface area contributed by atoms with Crippen LogP contribution in [0.5, 0.6) is 0 Å². The summed E-state index contributed by atoms with van der Waals surface area (Å²) in [7, 11) is 0.886. The maximum absolute atomic E-state index is 6.03. The van der Waals surface area contributed by atoms with Crippen LogP contribution in [0, 0.1) is 0 Å². The number of rotatable bonds is 13. The molecule has 0 saturated carbocycles. The Kier molecular flexibility index (Phi) is 10.2. The van der Waals surface area contributed by atoms with Crippen molar-refractivity contribution in [2.75, 3.05) is 20.8 Å². The second-order valence-electron chi connectivity index (χ2n) is 5.32. The van der Waals surface area contributed by atoms with Gasteiger partial charge in [0.05, 0.1) is 6.04 Å². The lowest BCUT2D eigenvalue weighted by Gasteiger charge is -2.26. The van der Waals surface area contributed by atoms with E-state index in [2.05, 4.69) is 24.4 Å². The molecule has 3 nitrogen and oxygen atoms in total. The van der Waals surface area contributed by atoms with E-state index in [1.807, 2.05) is 0 Å². The third kappa shape index (κ3) is 7.56. The normalized spacial score (nSPS) is 12.0. The molecule has 0 N–H and O–H groups in total. The Bertz CT molecular complexity index is 339. The second kappa shape index (κ2) is 11.4. The molecule has 0 aliphatic rings. The number of hydrogen-bond donors (Lipinski definition) is 0. The molecule has 0 bridgehead atoms. The third-order valence-corrected chi connectivity index (χ3v) is 7.50. The monoisotopic (exact) mass is 330 g/mol. The first-order valence-corrected chi connectivity index (χ1v) is 10.8. The van der Waals surface area contributed by atoms with E-state index in [1.54, 1.807) is 25.6 Å². The Morgan fingerprint density at radius 1 is 1.00 bits per heavy atom. The van der Waals surface area contributed by atoms with E-state index in [4.69, 9.17) is 13.3 Å². The largest absolute Gasteiger partial charge is 0.505 e.